The highest BCUT2D eigenvalue weighted by Gasteiger charge is 2.52. The summed E-state index contributed by atoms with van der Waals surface area (Å²) in [6.45, 7) is 8.28. The van der Waals surface area contributed by atoms with Crippen LogP contribution in [0.1, 0.15) is 60.9 Å². The molecule has 2 aliphatic rings. The van der Waals surface area contributed by atoms with Crippen LogP contribution in [0, 0.1) is 0 Å². The van der Waals surface area contributed by atoms with Crippen molar-refractivity contribution in [2.75, 3.05) is 13.2 Å². The highest BCUT2D eigenvalue weighted by atomic mass is 16.7. The van der Waals surface area contributed by atoms with E-state index in [-0.39, 0.29) is 24.8 Å². The number of carbonyl (C=O) groups is 2. The van der Waals surface area contributed by atoms with Gasteiger partial charge in [0.1, 0.15) is 12.4 Å². The Morgan fingerprint density at radius 3 is 2.02 bits per heavy atom. The first-order valence-corrected chi connectivity index (χ1v) is 14.6. The van der Waals surface area contributed by atoms with Gasteiger partial charge in [0.2, 0.25) is 5.76 Å². The van der Waals surface area contributed by atoms with Crippen LogP contribution in [0.5, 0.6) is 0 Å². The maximum Gasteiger partial charge on any atom is 0.492 e. The zero-order chi connectivity index (χ0) is 31.1. The van der Waals surface area contributed by atoms with Gasteiger partial charge in [0, 0.05) is 18.0 Å². The summed E-state index contributed by atoms with van der Waals surface area (Å²) in [7, 11) is -0.684. The Morgan fingerprint density at radius 2 is 1.45 bits per heavy atom. The molecule has 1 aliphatic heterocycles. The van der Waals surface area contributed by atoms with Crippen molar-refractivity contribution in [3.8, 4) is 22.5 Å². The third kappa shape index (κ3) is 5.68. The largest absolute Gasteiger partial charge is 0.492 e. The van der Waals surface area contributed by atoms with Gasteiger partial charge in [0.15, 0.2) is 0 Å². The van der Waals surface area contributed by atoms with E-state index in [0.717, 1.165) is 27.7 Å². The van der Waals surface area contributed by atoms with Gasteiger partial charge < -0.3 is 28.9 Å². The molecule has 9 heteroatoms. The lowest BCUT2D eigenvalue weighted by molar-refractivity contribution is 0.00578. The van der Waals surface area contributed by atoms with Crippen molar-refractivity contribution in [3.05, 3.63) is 113 Å². The van der Waals surface area contributed by atoms with E-state index >= 15 is 0 Å². The highest BCUT2D eigenvalue weighted by molar-refractivity contribution is 6.56. The number of nitrogens with one attached hydrogen (secondary N) is 1. The predicted octanol–water partition coefficient (Wildman–Crippen LogP) is 7.20. The van der Waals surface area contributed by atoms with Gasteiger partial charge in [-0.3, -0.25) is 0 Å². The van der Waals surface area contributed by atoms with Crippen molar-refractivity contribution in [3.63, 3.8) is 0 Å². The number of rotatable bonds is 8. The van der Waals surface area contributed by atoms with Gasteiger partial charge in [-0.1, -0.05) is 78.9 Å². The van der Waals surface area contributed by atoms with Crippen LogP contribution in [-0.4, -0.2) is 48.6 Å². The average molecular weight is 591 g/mol. The minimum Gasteiger partial charge on any atom is -0.475 e. The molecule has 2 N–H and O–H groups in total. The summed E-state index contributed by atoms with van der Waals surface area (Å²) in [6.07, 6.45) is 1.39. The van der Waals surface area contributed by atoms with Crippen LogP contribution in [0.4, 0.5) is 4.79 Å². The minimum atomic E-state index is -1.12. The molecule has 1 fully saturated rings. The molecule has 6 rings (SSSR count). The fourth-order valence-electron chi connectivity index (χ4n) is 5.59. The van der Waals surface area contributed by atoms with Gasteiger partial charge in [-0.05, 0) is 73.1 Å². The third-order valence-corrected chi connectivity index (χ3v) is 8.70. The van der Waals surface area contributed by atoms with Gasteiger partial charge in [-0.15, -0.1) is 0 Å². The number of benzene rings is 3. The molecule has 44 heavy (non-hydrogen) atoms. The van der Waals surface area contributed by atoms with E-state index in [1.54, 1.807) is 6.07 Å². The average Bonchev–Trinajstić information content (AvgIpc) is 3.67. The van der Waals surface area contributed by atoms with E-state index in [1.165, 1.54) is 17.2 Å². The molecule has 0 unspecified atom stereocenters. The molecule has 0 bridgehead atoms. The van der Waals surface area contributed by atoms with E-state index in [4.69, 9.17) is 23.6 Å². The van der Waals surface area contributed by atoms with Crippen LogP contribution in [0.15, 0.2) is 94.8 Å². The molecular formula is C35H34BNO7. The van der Waals surface area contributed by atoms with Crippen LogP contribution in [-0.2, 0) is 14.0 Å². The first kappa shape index (κ1) is 29.5. The van der Waals surface area contributed by atoms with Gasteiger partial charge in [0.05, 0.1) is 11.2 Å². The highest BCUT2D eigenvalue weighted by Crippen LogP contribution is 2.44. The monoisotopic (exact) mass is 591 g/mol. The Balaban J connectivity index is 1.17. The van der Waals surface area contributed by atoms with Gasteiger partial charge in [-0.25, -0.2) is 9.59 Å². The summed E-state index contributed by atoms with van der Waals surface area (Å²) < 4.78 is 23.8. The van der Waals surface area contributed by atoms with Crippen LogP contribution in [0.25, 0.3) is 28.5 Å². The zero-order valence-corrected chi connectivity index (χ0v) is 25.1. The molecule has 4 aromatic rings. The number of alkyl carbamates (subject to hydrolysis) is 1. The normalized spacial score (nSPS) is 16.8. The zero-order valence-electron chi connectivity index (χ0n) is 25.1. The SMILES string of the molecule is CC1(C)OB(C(=Cc2ccc(-c3ccc(C(=O)O)o3)cc2)CNC(=O)OCC2c3ccccc3-c3ccccc32)OC1(C)C. The molecule has 8 nitrogen and oxygen atoms in total. The third-order valence-electron chi connectivity index (χ3n) is 8.70. The lowest BCUT2D eigenvalue weighted by Gasteiger charge is -2.32. The van der Waals surface area contributed by atoms with Crippen molar-refractivity contribution in [2.45, 2.75) is 44.8 Å². The summed E-state index contributed by atoms with van der Waals surface area (Å²) in [5.41, 5.74) is 5.81. The molecule has 1 aromatic heterocycles. The second-order valence-corrected chi connectivity index (χ2v) is 12.1. The maximum atomic E-state index is 13.0. The second kappa shape index (κ2) is 11.5. The fraction of sp³-hybridized carbons (Fsp3) is 0.257. The van der Waals surface area contributed by atoms with Crippen molar-refractivity contribution in [1.82, 2.24) is 5.32 Å². The van der Waals surface area contributed by atoms with Crippen LogP contribution < -0.4 is 5.32 Å². The number of carboxylic acids is 1. The molecule has 224 valence electrons. The van der Waals surface area contributed by atoms with Crippen molar-refractivity contribution in [2.24, 2.45) is 0 Å². The fourth-order valence-corrected chi connectivity index (χ4v) is 5.59. The molecule has 1 aliphatic carbocycles. The minimum absolute atomic E-state index is 0.0366. The standard InChI is InChI=1S/C35H34BNO7/c1-34(2)35(3,4)44-36(43-34)24(19-22-13-15-23(16-14-22)30-17-18-31(42-30)32(38)39)20-37-33(40)41-21-29-27-11-7-5-9-25(27)26-10-6-8-12-28(26)29/h5-19,29H,20-21H2,1-4H3,(H,37,40)(H,38,39). The van der Waals surface area contributed by atoms with Gasteiger partial charge in [0.25, 0.3) is 0 Å². The number of carbonyl (C=O) groups excluding carboxylic acids is 1. The molecular weight excluding hydrogens is 557 g/mol. The summed E-state index contributed by atoms with van der Waals surface area (Å²) >= 11 is 0. The summed E-state index contributed by atoms with van der Waals surface area (Å²) in [4.78, 5) is 24.2. The number of hydrogen-bond acceptors (Lipinski definition) is 6. The number of aromatic carboxylic acids is 1. The lowest BCUT2D eigenvalue weighted by atomic mass is 9.77. The lowest BCUT2D eigenvalue weighted by Crippen LogP contribution is -2.41. The number of fused-ring (bicyclic) bond motifs is 3. The van der Waals surface area contributed by atoms with Crippen molar-refractivity contribution < 1.29 is 33.2 Å². The first-order chi connectivity index (χ1) is 21.0. The van der Waals surface area contributed by atoms with E-state index in [0.29, 0.717) is 5.76 Å². The Hall–Kier alpha value is -4.60. The van der Waals surface area contributed by atoms with E-state index < -0.39 is 30.4 Å². The van der Waals surface area contributed by atoms with E-state index in [1.807, 2.05) is 82.3 Å². The quantitative estimate of drug-likeness (QED) is 0.209. The van der Waals surface area contributed by atoms with Crippen molar-refractivity contribution in [1.29, 1.82) is 0 Å². The smallest absolute Gasteiger partial charge is 0.475 e. The molecule has 2 heterocycles. The van der Waals surface area contributed by atoms with Gasteiger partial charge >= 0.3 is 19.2 Å². The topological polar surface area (TPSA) is 107 Å². The van der Waals surface area contributed by atoms with E-state index in [2.05, 4.69) is 29.6 Å². The van der Waals surface area contributed by atoms with Crippen LogP contribution in [0.3, 0.4) is 0 Å². The Bertz CT molecular complexity index is 1680. The predicted molar refractivity (Wildman–Crippen MR) is 168 cm³/mol. The second-order valence-electron chi connectivity index (χ2n) is 12.1. The molecule has 0 atom stereocenters. The summed E-state index contributed by atoms with van der Waals surface area (Å²) in [5, 5.41) is 12.1. The Kier molecular flexibility index (Phi) is 7.69. The Labute approximate surface area is 256 Å². The number of amides is 1. The number of hydrogen-bond donors (Lipinski definition) is 2. The molecule has 0 saturated carbocycles. The summed E-state index contributed by atoms with van der Waals surface area (Å²) in [6, 6.07) is 27.0. The summed E-state index contributed by atoms with van der Waals surface area (Å²) in [5.74, 6) is -0.815. The molecule has 1 amide bonds. The Morgan fingerprint density at radius 1 is 0.864 bits per heavy atom. The maximum absolute atomic E-state index is 13.0. The van der Waals surface area contributed by atoms with E-state index in [9.17, 15) is 9.59 Å². The number of furan rings is 1. The van der Waals surface area contributed by atoms with Crippen LogP contribution in [0.2, 0.25) is 0 Å². The molecule has 0 spiro atoms. The molecule has 3 aromatic carbocycles. The number of carboxylic acid groups (broad SMARTS) is 1. The van der Waals surface area contributed by atoms with Gasteiger partial charge in [-0.2, -0.15) is 0 Å². The molecule has 0 radical (unpaired) electrons. The van der Waals surface area contributed by atoms with Crippen LogP contribution >= 0.6 is 0 Å². The molecule has 1 saturated heterocycles. The first-order valence-electron chi connectivity index (χ1n) is 14.6. The number of ether oxygens (including phenoxy) is 1. The van der Waals surface area contributed by atoms with Crippen molar-refractivity contribution >= 4 is 25.3 Å².